The fraction of sp³-hybridized carbons (Fsp3) is 0.500. The molecule has 2 N–H and O–H groups in total. The van der Waals surface area contributed by atoms with Crippen LogP contribution in [0.4, 0.5) is 4.79 Å². The number of nitrogens with one attached hydrogen (secondary N) is 2. The third-order valence-corrected chi connectivity index (χ3v) is 5.47. The molecule has 0 aromatic heterocycles. The van der Waals surface area contributed by atoms with Crippen molar-refractivity contribution in [2.45, 2.75) is 25.8 Å². The number of carbonyl (C=O) groups is 3. The zero-order chi connectivity index (χ0) is 17.6. The molecule has 0 spiro atoms. The summed E-state index contributed by atoms with van der Waals surface area (Å²) >= 11 is 1.02. The monoisotopic (exact) mass is 397 g/mol. The summed E-state index contributed by atoms with van der Waals surface area (Å²) in [6, 6.07) is 7.12. The summed E-state index contributed by atoms with van der Waals surface area (Å²) in [6.45, 7) is 3.01. The Morgan fingerprint density at radius 1 is 1.35 bits per heavy atom. The molecule has 1 aromatic carbocycles. The van der Waals surface area contributed by atoms with E-state index < -0.39 is 0 Å². The summed E-state index contributed by atoms with van der Waals surface area (Å²) in [4.78, 5) is 36.9. The van der Waals surface area contributed by atoms with Crippen LogP contribution in [0.3, 0.4) is 0 Å². The van der Waals surface area contributed by atoms with Crippen LogP contribution in [0.5, 0.6) is 0 Å². The van der Waals surface area contributed by atoms with E-state index >= 15 is 0 Å². The molecule has 2 aliphatic rings. The number of halogens is 1. The number of rotatable bonds is 6. The highest BCUT2D eigenvalue weighted by molar-refractivity contribution is 8.14. The van der Waals surface area contributed by atoms with Gasteiger partial charge in [0.1, 0.15) is 0 Å². The highest BCUT2D eigenvalue weighted by Crippen LogP contribution is 2.21. The standard InChI is InChI=1S/C18H23N3O3S.ClH/c22-16-12-25-18(24)21(16)11-14-3-1-5-15(9-14)17(23)20-8-6-13-4-2-7-19-10-13;/h1,3,5,9,13,19H,2,4,6-8,10-12H2,(H,20,23);1H. The van der Waals surface area contributed by atoms with Gasteiger partial charge in [-0.2, -0.15) is 0 Å². The van der Waals surface area contributed by atoms with Gasteiger partial charge in [-0.05, 0) is 56.0 Å². The van der Waals surface area contributed by atoms with Gasteiger partial charge in [0.2, 0.25) is 5.91 Å². The van der Waals surface area contributed by atoms with E-state index in [-0.39, 0.29) is 41.8 Å². The van der Waals surface area contributed by atoms with Crippen LogP contribution in [0, 0.1) is 5.92 Å². The molecule has 3 rings (SSSR count). The van der Waals surface area contributed by atoms with Gasteiger partial charge in [0.05, 0.1) is 12.3 Å². The molecule has 2 saturated heterocycles. The summed E-state index contributed by atoms with van der Waals surface area (Å²) in [5, 5.41) is 6.12. The Morgan fingerprint density at radius 3 is 2.88 bits per heavy atom. The van der Waals surface area contributed by atoms with E-state index in [4.69, 9.17) is 0 Å². The largest absolute Gasteiger partial charge is 0.352 e. The predicted molar refractivity (Wildman–Crippen MR) is 105 cm³/mol. The lowest BCUT2D eigenvalue weighted by atomic mass is 9.96. The number of hydrogen-bond donors (Lipinski definition) is 2. The molecule has 8 heteroatoms. The highest BCUT2D eigenvalue weighted by Gasteiger charge is 2.29. The number of nitrogens with zero attached hydrogens (tertiary/aromatic N) is 1. The summed E-state index contributed by atoms with van der Waals surface area (Å²) in [7, 11) is 0. The maximum Gasteiger partial charge on any atom is 0.289 e. The molecule has 1 atom stereocenters. The van der Waals surface area contributed by atoms with Crippen molar-refractivity contribution in [2.75, 3.05) is 25.4 Å². The molecule has 0 saturated carbocycles. The molecule has 6 nitrogen and oxygen atoms in total. The van der Waals surface area contributed by atoms with Gasteiger partial charge in [-0.1, -0.05) is 23.9 Å². The van der Waals surface area contributed by atoms with E-state index in [9.17, 15) is 14.4 Å². The second kappa shape index (κ2) is 9.94. The molecule has 3 amide bonds. The van der Waals surface area contributed by atoms with Crippen molar-refractivity contribution in [3.63, 3.8) is 0 Å². The van der Waals surface area contributed by atoms with Gasteiger partial charge in [0.25, 0.3) is 11.1 Å². The molecule has 0 aliphatic carbocycles. The van der Waals surface area contributed by atoms with Gasteiger partial charge in [-0.3, -0.25) is 19.3 Å². The van der Waals surface area contributed by atoms with Crippen molar-refractivity contribution in [3.8, 4) is 0 Å². The van der Waals surface area contributed by atoms with E-state index in [0.717, 1.165) is 36.8 Å². The van der Waals surface area contributed by atoms with Gasteiger partial charge in [0, 0.05) is 12.1 Å². The molecule has 0 radical (unpaired) electrons. The van der Waals surface area contributed by atoms with Gasteiger partial charge < -0.3 is 10.6 Å². The lowest BCUT2D eigenvalue weighted by Gasteiger charge is -2.22. The van der Waals surface area contributed by atoms with Crippen molar-refractivity contribution in [3.05, 3.63) is 35.4 Å². The van der Waals surface area contributed by atoms with E-state index in [1.165, 1.54) is 17.7 Å². The van der Waals surface area contributed by atoms with Gasteiger partial charge >= 0.3 is 0 Å². The zero-order valence-corrected chi connectivity index (χ0v) is 16.2. The molecular weight excluding hydrogens is 374 g/mol. The van der Waals surface area contributed by atoms with Gasteiger partial charge in [-0.25, -0.2) is 0 Å². The number of hydrogen-bond acceptors (Lipinski definition) is 5. The minimum absolute atomic E-state index is 0. The maximum atomic E-state index is 12.3. The molecule has 2 aliphatic heterocycles. The Balaban J connectivity index is 0.00000243. The number of thioether (sulfide) groups is 1. The van der Waals surface area contributed by atoms with Crippen LogP contribution in [-0.4, -0.2) is 47.3 Å². The first-order chi connectivity index (χ1) is 12.1. The second-order valence-electron chi connectivity index (χ2n) is 6.49. The lowest BCUT2D eigenvalue weighted by Crippen LogP contribution is -2.33. The number of imide groups is 1. The average Bonchev–Trinajstić information content (AvgIpc) is 2.95. The van der Waals surface area contributed by atoms with E-state index in [1.807, 2.05) is 6.07 Å². The topological polar surface area (TPSA) is 78.5 Å². The van der Waals surface area contributed by atoms with Crippen LogP contribution in [-0.2, 0) is 11.3 Å². The van der Waals surface area contributed by atoms with Gasteiger partial charge in [-0.15, -0.1) is 12.4 Å². The second-order valence-corrected chi connectivity index (χ2v) is 7.42. The smallest absolute Gasteiger partial charge is 0.289 e. The highest BCUT2D eigenvalue weighted by atomic mass is 35.5. The van der Waals surface area contributed by atoms with Crippen LogP contribution in [0.15, 0.2) is 24.3 Å². The normalized spacial score (nSPS) is 20.0. The third-order valence-electron chi connectivity index (χ3n) is 4.61. The molecule has 1 unspecified atom stereocenters. The molecular formula is C18H24ClN3O3S. The summed E-state index contributed by atoms with van der Waals surface area (Å²) in [5.74, 6) is 0.546. The van der Waals surface area contributed by atoms with Crippen LogP contribution >= 0.6 is 24.2 Å². The van der Waals surface area contributed by atoms with Crippen LogP contribution < -0.4 is 10.6 Å². The quantitative estimate of drug-likeness (QED) is 0.770. The Labute approximate surface area is 163 Å². The first-order valence-corrected chi connectivity index (χ1v) is 9.67. The van der Waals surface area contributed by atoms with E-state index in [1.54, 1.807) is 18.2 Å². The average molecular weight is 398 g/mol. The van der Waals surface area contributed by atoms with Crippen LogP contribution in [0.25, 0.3) is 0 Å². The van der Waals surface area contributed by atoms with E-state index in [0.29, 0.717) is 18.0 Å². The van der Waals surface area contributed by atoms with Crippen molar-refractivity contribution < 1.29 is 14.4 Å². The lowest BCUT2D eigenvalue weighted by molar-refractivity contribution is -0.125. The Kier molecular flexibility index (Phi) is 7.93. The number of benzene rings is 1. The van der Waals surface area contributed by atoms with Crippen molar-refractivity contribution in [2.24, 2.45) is 5.92 Å². The fourth-order valence-corrected chi connectivity index (χ4v) is 3.91. The Morgan fingerprint density at radius 2 is 2.19 bits per heavy atom. The van der Waals surface area contributed by atoms with Crippen molar-refractivity contribution >= 4 is 41.2 Å². The molecule has 2 fully saturated rings. The first kappa shape index (κ1) is 20.7. The Bertz CT molecular complexity index is 649. The summed E-state index contributed by atoms with van der Waals surface area (Å²) in [5.41, 5.74) is 1.35. The first-order valence-electron chi connectivity index (χ1n) is 8.68. The van der Waals surface area contributed by atoms with Crippen LogP contribution in [0.1, 0.15) is 35.2 Å². The number of carbonyl (C=O) groups excluding carboxylic acids is 3. The number of piperidine rings is 1. The summed E-state index contributed by atoms with van der Waals surface area (Å²) in [6.07, 6.45) is 3.40. The minimum Gasteiger partial charge on any atom is -0.352 e. The fourth-order valence-electron chi connectivity index (χ4n) is 3.19. The zero-order valence-electron chi connectivity index (χ0n) is 14.5. The molecule has 2 heterocycles. The molecule has 1 aromatic rings. The van der Waals surface area contributed by atoms with Crippen LogP contribution in [0.2, 0.25) is 0 Å². The SMILES string of the molecule is Cl.O=C(NCCC1CCCNC1)c1cccc(CN2C(=O)CSC2=O)c1. The van der Waals surface area contributed by atoms with E-state index in [2.05, 4.69) is 10.6 Å². The summed E-state index contributed by atoms with van der Waals surface area (Å²) < 4.78 is 0. The van der Waals surface area contributed by atoms with Crippen molar-refractivity contribution in [1.29, 1.82) is 0 Å². The number of amides is 3. The maximum absolute atomic E-state index is 12.3. The molecule has 26 heavy (non-hydrogen) atoms. The molecule has 0 bridgehead atoms. The minimum atomic E-state index is -0.221. The molecule has 142 valence electrons. The Hall–Kier alpha value is -1.57. The third kappa shape index (κ3) is 5.46. The van der Waals surface area contributed by atoms with Crippen molar-refractivity contribution in [1.82, 2.24) is 15.5 Å². The predicted octanol–water partition coefficient (Wildman–Crippen LogP) is 2.42. The van der Waals surface area contributed by atoms with Gasteiger partial charge in [0.15, 0.2) is 0 Å².